The van der Waals surface area contributed by atoms with Gasteiger partial charge in [-0.3, -0.25) is 0 Å². The molecular weight excluding hydrogens is 254 g/mol. The highest BCUT2D eigenvalue weighted by Crippen LogP contribution is 2.37. The van der Waals surface area contributed by atoms with Crippen LogP contribution >= 0.6 is 11.3 Å². The van der Waals surface area contributed by atoms with Crippen LogP contribution in [0.25, 0.3) is 0 Å². The summed E-state index contributed by atoms with van der Waals surface area (Å²) >= 11 is 1.87. The van der Waals surface area contributed by atoms with Gasteiger partial charge in [0.15, 0.2) is 0 Å². The Morgan fingerprint density at radius 2 is 2.11 bits per heavy atom. The monoisotopic (exact) mass is 273 g/mol. The van der Waals surface area contributed by atoms with E-state index in [1.165, 1.54) is 29.7 Å². The van der Waals surface area contributed by atoms with E-state index in [-0.39, 0.29) is 0 Å². The van der Waals surface area contributed by atoms with Crippen LogP contribution in [0.3, 0.4) is 0 Å². The number of hydrogen-bond acceptors (Lipinski definition) is 3. The first kappa shape index (κ1) is 12.5. The molecule has 2 aromatic rings. The lowest BCUT2D eigenvalue weighted by Crippen LogP contribution is -2.16. The van der Waals surface area contributed by atoms with E-state index in [9.17, 15) is 5.11 Å². The van der Waals surface area contributed by atoms with Gasteiger partial charge in [0.2, 0.25) is 0 Å². The molecule has 2 N–H and O–H groups in total. The maximum absolute atomic E-state index is 9.73. The maximum atomic E-state index is 9.73. The van der Waals surface area contributed by atoms with Crippen molar-refractivity contribution in [1.29, 1.82) is 0 Å². The Labute approximate surface area is 118 Å². The van der Waals surface area contributed by atoms with E-state index in [4.69, 9.17) is 0 Å². The van der Waals surface area contributed by atoms with Gasteiger partial charge in [-0.2, -0.15) is 0 Å². The molecule has 3 rings (SSSR count). The molecule has 0 fully saturated rings. The van der Waals surface area contributed by atoms with Gasteiger partial charge in [0.25, 0.3) is 0 Å². The number of aryl methyl sites for hydroxylation is 3. The summed E-state index contributed by atoms with van der Waals surface area (Å²) in [6.45, 7) is 3.98. The number of aromatic hydroxyl groups is 1. The lowest BCUT2D eigenvalue weighted by molar-refractivity contribution is 0.470. The molecule has 0 radical (unpaired) electrons. The Balaban J connectivity index is 1.89. The Kier molecular flexibility index (Phi) is 3.23. The largest absolute Gasteiger partial charge is 0.508 e. The first-order valence-electron chi connectivity index (χ1n) is 6.78. The van der Waals surface area contributed by atoms with Crippen molar-refractivity contribution in [2.75, 3.05) is 5.32 Å². The van der Waals surface area contributed by atoms with Crippen LogP contribution in [0.1, 0.15) is 40.5 Å². The smallest absolute Gasteiger partial charge is 0.118 e. The number of thiophene rings is 1. The average Bonchev–Trinajstić information content (AvgIpc) is 2.85. The quantitative estimate of drug-likeness (QED) is 0.786. The van der Waals surface area contributed by atoms with Crippen LogP contribution in [0, 0.1) is 13.8 Å². The molecule has 1 aliphatic carbocycles. The van der Waals surface area contributed by atoms with Crippen molar-refractivity contribution in [3.8, 4) is 5.75 Å². The third kappa shape index (κ3) is 2.35. The molecule has 0 spiro atoms. The SMILES string of the molecule is Cc1cc(NC2CCCc3sccc32)c(C)cc1O. The van der Waals surface area contributed by atoms with Crippen molar-refractivity contribution in [3.05, 3.63) is 45.1 Å². The number of phenols is 1. The van der Waals surface area contributed by atoms with Gasteiger partial charge in [0, 0.05) is 10.6 Å². The molecule has 1 aromatic carbocycles. The molecular formula is C16H19NOS. The molecule has 100 valence electrons. The third-order valence-electron chi connectivity index (χ3n) is 3.92. The average molecular weight is 273 g/mol. The topological polar surface area (TPSA) is 32.3 Å². The molecule has 0 aliphatic heterocycles. The predicted molar refractivity (Wildman–Crippen MR) is 81.2 cm³/mol. The molecule has 1 heterocycles. The molecule has 0 amide bonds. The van der Waals surface area contributed by atoms with Gasteiger partial charge in [-0.1, -0.05) is 0 Å². The van der Waals surface area contributed by atoms with Crippen LogP contribution in [0.5, 0.6) is 5.75 Å². The fraction of sp³-hybridized carbons (Fsp3) is 0.375. The van der Waals surface area contributed by atoms with Gasteiger partial charge in [-0.05, 0) is 73.4 Å². The molecule has 1 aliphatic rings. The Bertz CT molecular complexity index is 603. The Morgan fingerprint density at radius 3 is 2.95 bits per heavy atom. The summed E-state index contributed by atoms with van der Waals surface area (Å²) in [7, 11) is 0. The van der Waals surface area contributed by atoms with Crippen molar-refractivity contribution in [3.63, 3.8) is 0 Å². The summed E-state index contributed by atoms with van der Waals surface area (Å²) in [4.78, 5) is 1.52. The zero-order valence-corrected chi connectivity index (χ0v) is 12.2. The molecule has 0 bridgehead atoms. The highest BCUT2D eigenvalue weighted by molar-refractivity contribution is 7.10. The van der Waals surface area contributed by atoms with E-state index in [0.717, 1.165) is 16.8 Å². The third-order valence-corrected chi connectivity index (χ3v) is 4.92. The summed E-state index contributed by atoms with van der Waals surface area (Å²) in [5.74, 6) is 0.378. The minimum absolute atomic E-state index is 0.378. The number of hydrogen-bond donors (Lipinski definition) is 2. The van der Waals surface area contributed by atoms with E-state index in [1.807, 2.05) is 37.3 Å². The lowest BCUT2D eigenvalue weighted by Gasteiger charge is -2.26. The van der Waals surface area contributed by atoms with Crippen LogP contribution in [0.4, 0.5) is 5.69 Å². The van der Waals surface area contributed by atoms with Crippen molar-refractivity contribution < 1.29 is 5.11 Å². The number of nitrogens with one attached hydrogen (secondary N) is 1. The summed E-state index contributed by atoms with van der Waals surface area (Å²) in [6.07, 6.45) is 3.66. The zero-order chi connectivity index (χ0) is 13.4. The second-order valence-electron chi connectivity index (χ2n) is 5.34. The van der Waals surface area contributed by atoms with E-state index >= 15 is 0 Å². The van der Waals surface area contributed by atoms with Gasteiger partial charge in [0.1, 0.15) is 5.75 Å². The van der Waals surface area contributed by atoms with Crippen LogP contribution in [-0.2, 0) is 6.42 Å². The molecule has 19 heavy (non-hydrogen) atoms. The van der Waals surface area contributed by atoms with Gasteiger partial charge in [0.05, 0.1) is 6.04 Å². The van der Waals surface area contributed by atoms with E-state index in [2.05, 4.69) is 16.8 Å². The fourth-order valence-corrected chi connectivity index (χ4v) is 3.77. The zero-order valence-electron chi connectivity index (χ0n) is 11.4. The van der Waals surface area contributed by atoms with Crippen LogP contribution in [0.15, 0.2) is 23.6 Å². The van der Waals surface area contributed by atoms with Crippen molar-refractivity contribution in [2.24, 2.45) is 0 Å². The van der Waals surface area contributed by atoms with Crippen LogP contribution < -0.4 is 5.32 Å². The van der Waals surface area contributed by atoms with Crippen LogP contribution in [-0.4, -0.2) is 5.11 Å². The maximum Gasteiger partial charge on any atom is 0.118 e. The molecule has 3 heteroatoms. The van der Waals surface area contributed by atoms with Gasteiger partial charge in [-0.15, -0.1) is 11.3 Å². The van der Waals surface area contributed by atoms with E-state index in [1.54, 1.807) is 0 Å². The predicted octanol–water partition coefficient (Wildman–Crippen LogP) is 4.56. The van der Waals surface area contributed by atoms with Crippen molar-refractivity contribution in [1.82, 2.24) is 0 Å². The number of phenolic OH excluding ortho intramolecular Hbond substituents is 1. The normalized spacial score (nSPS) is 18.1. The standard InChI is InChI=1S/C16H19NOS/c1-10-9-15(18)11(2)8-14(10)17-13-4-3-5-16-12(13)6-7-19-16/h6-9,13,17-18H,3-5H2,1-2H3. The fourth-order valence-electron chi connectivity index (χ4n) is 2.78. The van der Waals surface area contributed by atoms with Crippen molar-refractivity contribution >= 4 is 17.0 Å². The lowest BCUT2D eigenvalue weighted by atomic mass is 9.93. The number of benzene rings is 1. The number of fused-ring (bicyclic) bond motifs is 1. The van der Waals surface area contributed by atoms with E-state index < -0.39 is 0 Å². The number of anilines is 1. The van der Waals surface area contributed by atoms with Gasteiger partial charge in [-0.25, -0.2) is 0 Å². The first-order chi connectivity index (χ1) is 9.15. The van der Waals surface area contributed by atoms with Gasteiger partial charge >= 0.3 is 0 Å². The molecule has 1 atom stereocenters. The number of rotatable bonds is 2. The minimum atomic E-state index is 0.378. The molecule has 1 unspecified atom stereocenters. The molecule has 2 nitrogen and oxygen atoms in total. The second-order valence-corrected chi connectivity index (χ2v) is 6.34. The second kappa shape index (κ2) is 4.89. The Morgan fingerprint density at radius 1 is 1.26 bits per heavy atom. The highest BCUT2D eigenvalue weighted by atomic mass is 32.1. The summed E-state index contributed by atoms with van der Waals surface area (Å²) < 4.78 is 0. The Hall–Kier alpha value is -1.48. The summed E-state index contributed by atoms with van der Waals surface area (Å²) in [5.41, 5.74) is 4.63. The van der Waals surface area contributed by atoms with E-state index in [0.29, 0.717) is 11.8 Å². The highest BCUT2D eigenvalue weighted by Gasteiger charge is 2.21. The first-order valence-corrected chi connectivity index (χ1v) is 7.66. The minimum Gasteiger partial charge on any atom is -0.508 e. The molecule has 0 saturated heterocycles. The molecule has 1 aromatic heterocycles. The van der Waals surface area contributed by atoms with Crippen molar-refractivity contribution in [2.45, 2.75) is 39.2 Å². The molecule has 0 saturated carbocycles. The van der Waals surface area contributed by atoms with Crippen LogP contribution in [0.2, 0.25) is 0 Å². The van der Waals surface area contributed by atoms with Gasteiger partial charge < -0.3 is 10.4 Å². The summed E-state index contributed by atoms with van der Waals surface area (Å²) in [5, 5.41) is 15.6. The summed E-state index contributed by atoms with van der Waals surface area (Å²) in [6, 6.07) is 6.55.